The lowest BCUT2D eigenvalue weighted by molar-refractivity contribution is -0.384. The maximum atomic E-state index is 12.1. The summed E-state index contributed by atoms with van der Waals surface area (Å²) in [6.45, 7) is 2.52. The zero-order valence-corrected chi connectivity index (χ0v) is 15.1. The molecular weight excluding hydrogens is 372 g/mol. The molecule has 1 heterocycles. The average molecular weight is 389 g/mol. The van der Waals surface area contributed by atoms with Crippen LogP contribution < -0.4 is 10.3 Å². The van der Waals surface area contributed by atoms with Crippen LogP contribution in [-0.2, 0) is 4.74 Å². The van der Waals surface area contributed by atoms with Gasteiger partial charge in [-0.2, -0.15) is 5.10 Å². The summed E-state index contributed by atoms with van der Waals surface area (Å²) >= 11 is 5.80. The fraction of sp³-hybridized carbons (Fsp3) is 0.222. The van der Waals surface area contributed by atoms with E-state index in [1.165, 1.54) is 18.3 Å². The van der Waals surface area contributed by atoms with Crippen LogP contribution in [0.1, 0.15) is 15.9 Å². The lowest BCUT2D eigenvalue weighted by Crippen LogP contribution is -2.36. The van der Waals surface area contributed by atoms with E-state index in [9.17, 15) is 14.9 Å². The molecule has 8 nitrogen and oxygen atoms in total. The highest BCUT2D eigenvalue weighted by Crippen LogP contribution is 2.25. The minimum Gasteiger partial charge on any atom is -0.378 e. The molecule has 0 atom stereocenters. The van der Waals surface area contributed by atoms with Crippen molar-refractivity contribution >= 4 is 35.1 Å². The number of nitro benzene ring substituents is 1. The molecule has 0 aliphatic carbocycles. The number of carbonyl (C=O) groups is 1. The molecule has 0 saturated carbocycles. The van der Waals surface area contributed by atoms with Crippen LogP contribution >= 0.6 is 11.6 Å². The molecular formula is C18H17ClN4O4. The van der Waals surface area contributed by atoms with Gasteiger partial charge in [0.1, 0.15) is 0 Å². The molecule has 1 aliphatic heterocycles. The van der Waals surface area contributed by atoms with E-state index in [0.717, 1.165) is 5.69 Å². The zero-order chi connectivity index (χ0) is 19.2. The Hall–Kier alpha value is -2.97. The summed E-state index contributed by atoms with van der Waals surface area (Å²) in [6.07, 6.45) is 1.41. The molecule has 1 amide bonds. The van der Waals surface area contributed by atoms with E-state index in [4.69, 9.17) is 16.3 Å². The molecule has 0 bridgehead atoms. The first-order valence-corrected chi connectivity index (χ1v) is 8.62. The predicted octanol–water partition coefficient (Wildman–Crippen LogP) is 2.85. The standard InChI is InChI=1S/C18H17ClN4O4/c19-15-3-1-13(2-4-15)18(24)21-20-12-14-11-16(23(25)26)5-6-17(14)22-7-9-27-10-8-22/h1-6,11-12H,7-10H2,(H,21,24). The van der Waals surface area contributed by atoms with Crippen molar-refractivity contribution in [1.82, 2.24) is 5.43 Å². The monoisotopic (exact) mass is 388 g/mol. The van der Waals surface area contributed by atoms with Crippen molar-refractivity contribution in [2.75, 3.05) is 31.2 Å². The van der Waals surface area contributed by atoms with E-state index in [0.29, 0.717) is 42.5 Å². The normalized spacial score (nSPS) is 14.3. The number of hydrazone groups is 1. The Morgan fingerprint density at radius 3 is 2.59 bits per heavy atom. The van der Waals surface area contributed by atoms with Gasteiger partial charge in [-0.05, 0) is 30.3 Å². The van der Waals surface area contributed by atoms with Gasteiger partial charge in [-0.15, -0.1) is 0 Å². The Bertz CT molecular complexity index is 864. The van der Waals surface area contributed by atoms with Crippen LogP contribution in [0.15, 0.2) is 47.6 Å². The van der Waals surface area contributed by atoms with E-state index in [1.54, 1.807) is 30.3 Å². The molecule has 2 aromatic carbocycles. The van der Waals surface area contributed by atoms with E-state index in [2.05, 4.69) is 15.4 Å². The minimum atomic E-state index is -0.466. The average Bonchev–Trinajstić information content (AvgIpc) is 2.69. The third kappa shape index (κ3) is 4.81. The number of nitrogens with one attached hydrogen (secondary N) is 1. The van der Waals surface area contributed by atoms with Crippen molar-refractivity contribution < 1.29 is 14.5 Å². The molecule has 0 unspecified atom stereocenters. The molecule has 1 N–H and O–H groups in total. The van der Waals surface area contributed by atoms with Crippen LogP contribution in [-0.4, -0.2) is 43.3 Å². The Morgan fingerprint density at radius 1 is 1.22 bits per heavy atom. The van der Waals surface area contributed by atoms with Crippen molar-refractivity contribution in [3.8, 4) is 0 Å². The topological polar surface area (TPSA) is 97.1 Å². The molecule has 3 rings (SSSR count). The van der Waals surface area contributed by atoms with Crippen molar-refractivity contribution in [3.63, 3.8) is 0 Å². The summed E-state index contributed by atoms with van der Waals surface area (Å²) in [4.78, 5) is 24.8. The van der Waals surface area contributed by atoms with Crippen molar-refractivity contribution in [2.24, 2.45) is 5.10 Å². The number of hydrogen-bond acceptors (Lipinski definition) is 6. The summed E-state index contributed by atoms with van der Waals surface area (Å²) in [5.41, 5.74) is 4.13. The van der Waals surface area contributed by atoms with E-state index < -0.39 is 10.8 Å². The molecule has 140 valence electrons. The Kier molecular flexibility index (Phi) is 6.00. The van der Waals surface area contributed by atoms with Crippen LogP contribution in [0.3, 0.4) is 0 Å². The smallest absolute Gasteiger partial charge is 0.271 e. The largest absolute Gasteiger partial charge is 0.378 e. The summed E-state index contributed by atoms with van der Waals surface area (Å²) in [5, 5.41) is 15.6. The van der Waals surface area contributed by atoms with Crippen LogP contribution in [0.25, 0.3) is 0 Å². The fourth-order valence-electron chi connectivity index (χ4n) is 2.68. The van der Waals surface area contributed by atoms with E-state index >= 15 is 0 Å². The second kappa shape index (κ2) is 8.61. The molecule has 9 heteroatoms. The number of rotatable bonds is 5. The highest BCUT2D eigenvalue weighted by atomic mass is 35.5. The maximum absolute atomic E-state index is 12.1. The second-order valence-electron chi connectivity index (χ2n) is 5.81. The van der Waals surface area contributed by atoms with Gasteiger partial charge in [0.25, 0.3) is 11.6 Å². The first-order chi connectivity index (χ1) is 13.0. The number of non-ortho nitro benzene ring substituents is 1. The summed E-state index contributed by atoms with van der Waals surface area (Å²) in [7, 11) is 0. The summed E-state index contributed by atoms with van der Waals surface area (Å²) in [5.74, 6) is -0.402. The van der Waals surface area contributed by atoms with Gasteiger partial charge in [0.15, 0.2) is 0 Å². The molecule has 0 radical (unpaired) electrons. The molecule has 0 aromatic heterocycles. The molecule has 1 fully saturated rings. The van der Waals surface area contributed by atoms with E-state index in [1.807, 2.05) is 0 Å². The number of ether oxygens (including phenoxy) is 1. The van der Waals surface area contributed by atoms with Gasteiger partial charge in [-0.25, -0.2) is 5.43 Å². The number of hydrogen-bond donors (Lipinski definition) is 1. The minimum absolute atomic E-state index is 0.0440. The van der Waals surface area contributed by atoms with Crippen LogP contribution in [0.2, 0.25) is 5.02 Å². The number of halogens is 1. The third-order valence-corrected chi connectivity index (χ3v) is 4.30. The van der Waals surface area contributed by atoms with E-state index in [-0.39, 0.29) is 5.69 Å². The third-order valence-electron chi connectivity index (χ3n) is 4.05. The quantitative estimate of drug-likeness (QED) is 0.482. The SMILES string of the molecule is O=C(NN=Cc1cc([N+](=O)[O-])ccc1N1CCOCC1)c1ccc(Cl)cc1. The van der Waals surface area contributed by atoms with Gasteiger partial charge < -0.3 is 9.64 Å². The Labute approximate surface area is 160 Å². The molecule has 0 spiro atoms. The zero-order valence-electron chi connectivity index (χ0n) is 14.3. The number of benzene rings is 2. The van der Waals surface area contributed by atoms with Crippen LogP contribution in [0, 0.1) is 10.1 Å². The molecule has 2 aromatic rings. The number of nitrogens with zero attached hydrogens (tertiary/aromatic N) is 3. The first kappa shape index (κ1) is 18.8. The van der Waals surface area contributed by atoms with Gasteiger partial charge in [-0.3, -0.25) is 14.9 Å². The predicted molar refractivity (Wildman–Crippen MR) is 103 cm³/mol. The highest BCUT2D eigenvalue weighted by Gasteiger charge is 2.17. The van der Waals surface area contributed by atoms with Crippen LogP contribution in [0.4, 0.5) is 11.4 Å². The van der Waals surface area contributed by atoms with Gasteiger partial charge in [-0.1, -0.05) is 11.6 Å². The first-order valence-electron chi connectivity index (χ1n) is 8.25. The molecule has 1 aliphatic rings. The highest BCUT2D eigenvalue weighted by molar-refractivity contribution is 6.30. The Morgan fingerprint density at radius 2 is 1.93 bits per heavy atom. The number of nitro groups is 1. The fourth-order valence-corrected chi connectivity index (χ4v) is 2.80. The summed E-state index contributed by atoms with van der Waals surface area (Å²) < 4.78 is 5.34. The maximum Gasteiger partial charge on any atom is 0.271 e. The number of anilines is 1. The number of carbonyl (C=O) groups excluding carboxylic acids is 1. The number of amides is 1. The molecule has 27 heavy (non-hydrogen) atoms. The van der Waals surface area contributed by atoms with Gasteiger partial charge in [0.2, 0.25) is 0 Å². The van der Waals surface area contributed by atoms with Gasteiger partial charge in [0.05, 0.1) is 24.4 Å². The molecule has 1 saturated heterocycles. The second-order valence-corrected chi connectivity index (χ2v) is 6.24. The van der Waals surface area contributed by atoms with Gasteiger partial charge >= 0.3 is 0 Å². The Balaban J connectivity index is 1.79. The number of morpholine rings is 1. The van der Waals surface area contributed by atoms with Crippen molar-refractivity contribution in [1.29, 1.82) is 0 Å². The van der Waals surface area contributed by atoms with Gasteiger partial charge in [0, 0.05) is 47.1 Å². The van der Waals surface area contributed by atoms with Crippen molar-refractivity contribution in [2.45, 2.75) is 0 Å². The lowest BCUT2D eigenvalue weighted by atomic mass is 10.1. The van der Waals surface area contributed by atoms with Crippen molar-refractivity contribution in [3.05, 3.63) is 68.7 Å². The lowest BCUT2D eigenvalue weighted by Gasteiger charge is -2.29. The van der Waals surface area contributed by atoms with Crippen LogP contribution in [0.5, 0.6) is 0 Å². The summed E-state index contributed by atoms with van der Waals surface area (Å²) in [6, 6.07) is 11.0.